The van der Waals surface area contributed by atoms with Gasteiger partial charge in [-0.1, -0.05) is 8.64 Å². The Morgan fingerprint density at radius 2 is 1.12 bits per heavy atom. The van der Waals surface area contributed by atoms with Gasteiger partial charge in [0.1, 0.15) is 0 Å². The van der Waals surface area contributed by atoms with E-state index < -0.39 is 19.7 Å². The van der Waals surface area contributed by atoms with E-state index in [0.29, 0.717) is 21.5 Å². The maximum Gasteiger partial charge on any atom is 2.00 e. The van der Waals surface area contributed by atoms with Gasteiger partial charge in [0.25, 0.3) is 0 Å². The minimum Gasteiger partial charge on any atom is -0.411 e. The molecule has 0 aliphatic carbocycles. The zero-order valence-electron chi connectivity index (χ0n) is 14.1. The van der Waals surface area contributed by atoms with Gasteiger partial charge >= 0.3 is 37.7 Å². The standard InChI is InChI=1S/2C6H11NO2S3.Ca/c2*1-7(6(10)11)5-2-3-12(8,9)4-5;/h2*5H,2-4H2,1H3,(H,10,11);/q;;+2/p-2. The molecule has 2 fully saturated rings. The van der Waals surface area contributed by atoms with Crippen molar-refractivity contribution in [2.75, 3.05) is 37.1 Å². The van der Waals surface area contributed by atoms with Gasteiger partial charge in [-0.05, 0) is 12.8 Å². The average molecular weight is 489 g/mol. The summed E-state index contributed by atoms with van der Waals surface area (Å²) in [7, 11) is -2.14. The molecular formula is C12H20CaN2O4S6. The second-order valence-electron chi connectivity index (χ2n) is 5.87. The van der Waals surface area contributed by atoms with E-state index in [1.54, 1.807) is 23.9 Å². The fourth-order valence-corrected chi connectivity index (χ4v) is 6.60. The average Bonchev–Trinajstić information content (AvgIpc) is 2.99. The first-order valence-electron chi connectivity index (χ1n) is 7.13. The molecule has 0 aromatic rings. The Hall–Kier alpha value is 1.38. The van der Waals surface area contributed by atoms with Gasteiger partial charge < -0.3 is 59.5 Å². The maximum atomic E-state index is 11.1. The van der Waals surface area contributed by atoms with E-state index in [1.165, 1.54) is 0 Å². The van der Waals surface area contributed by atoms with Crippen molar-refractivity contribution >= 4 is 116 Å². The van der Waals surface area contributed by atoms with Gasteiger partial charge in [-0.2, -0.15) is 0 Å². The Balaban J connectivity index is 0.000000443. The van der Waals surface area contributed by atoms with Crippen molar-refractivity contribution < 1.29 is 16.8 Å². The van der Waals surface area contributed by atoms with Crippen molar-refractivity contribution in [1.29, 1.82) is 0 Å². The first kappa shape index (κ1) is 26.4. The van der Waals surface area contributed by atoms with Crippen LogP contribution in [0.5, 0.6) is 0 Å². The normalized spacial score (nSPS) is 25.8. The number of hydrogen-bond acceptors (Lipinski definition) is 8. The van der Waals surface area contributed by atoms with Crippen molar-refractivity contribution in [2.45, 2.75) is 24.9 Å². The predicted molar refractivity (Wildman–Crippen MR) is 115 cm³/mol. The molecule has 0 N–H and O–H groups in total. The van der Waals surface area contributed by atoms with Crippen LogP contribution in [0.4, 0.5) is 0 Å². The summed E-state index contributed by atoms with van der Waals surface area (Å²) < 4.78 is 44.9. The molecule has 6 nitrogen and oxygen atoms in total. The van der Waals surface area contributed by atoms with Crippen LogP contribution in [0.3, 0.4) is 0 Å². The molecule has 2 saturated heterocycles. The van der Waals surface area contributed by atoms with E-state index in [4.69, 9.17) is 49.7 Å². The minimum atomic E-state index is -2.82. The number of rotatable bonds is 2. The van der Waals surface area contributed by atoms with Crippen molar-refractivity contribution in [3.63, 3.8) is 0 Å². The molecule has 0 aromatic heterocycles. The first-order valence-corrected chi connectivity index (χ1v) is 12.4. The molecule has 2 rings (SSSR count). The fourth-order valence-electron chi connectivity index (χ4n) is 2.46. The van der Waals surface area contributed by atoms with Crippen LogP contribution >= 0.6 is 24.4 Å². The third-order valence-corrected chi connectivity index (χ3v) is 8.74. The van der Waals surface area contributed by atoms with Crippen LogP contribution in [0.1, 0.15) is 12.8 Å². The van der Waals surface area contributed by atoms with Gasteiger partial charge in [0, 0.05) is 26.2 Å². The van der Waals surface area contributed by atoms with Crippen molar-refractivity contribution in [1.82, 2.24) is 9.80 Å². The topological polar surface area (TPSA) is 74.8 Å². The summed E-state index contributed by atoms with van der Waals surface area (Å²) in [6, 6.07) is -0.000000000000000444. The first-order chi connectivity index (χ1) is 10.8. The minimum absolute atomic E-state index is 0. The summed E-state index contributed by atoms with van der Waals surface area (Å²) in [6.07, 6.45) is 1.30. The third-order valence-electron chi connectivity index (χ3n) is 4.09. The molecule has 0 spiro atoms. The molecule has 0 bridgehead atoms. The molecule has 0 radical (unpaired) electrons. The summed E-state index contributed by atoms with van der Waals surface area (Å²) in [5, 5.41) is 0. The Kier molecular flexibility index (Phi) is 11.4. The largest absolute Gasteiger partial charge is 2.00 e. The van der Waals surface area contributed by atoms with Crippen molar-refractivity contribution in [3.8, 4) is 0 Å². The van der Waals surface area contributed by atoms with Gasteiger partial charge in [-0.25, -0.2) is 16.8 Å². The number of sulfone groups is 2. The fraction of sp³-hybridized carbons (Fsp3) is 0.833. The Morgan fingerprint density at radius 1 is 0.840 bits per heavy atom. The second-order valence-corrected chi connectivity index (χ2v) is 12.4. The molecule has 0 aromatic carbocycles. The SMILES string of the molecule is CN(C(=S)[S-])C1CCS(=O)(=O)C1.CN(C(=S)[S-])C1CCS(=O)(=O)C1.[Ca+2]. The Labute approximate surface area is 202 Å². The van der Waals surface area contributed by atoms with Crippen molar-refractivity contribution in [3.05, 3.63) is 0 Å². The Bertz CT molecular complexity index is 636. The molecule has 2 aliphatic rings. The molecular weight excluding hydrogens is 469 g/mol. The molecule has 0 amide bonds. The van der Waals surface area contributed by atoms with Crippen LogP contribution in [0.15, 0.2) is 0 Å². The summed E-state index contributed by atoms with van der Waals surface area (Å²) >= 11 is 19.1. The summed E-state index contributed by atoms with van der Waals surface area (Å²) in [6.45, 7) is 0. The second kappa shape index (κ2) is 10.8. The van der Waals surface area contributed by atoms with Crippen LogP contribution in [-0.4, -0.2) is 122 Å². The van der Waals surface area contributed by atoms with Crippen molar-refractivity contribution in [2.24, 2.45) is 0 Å². The molecule has 13 heteroatoms. The quantitative estimate of drug-likeness (QED) is 0.288. The molecule has 25 heavy (non-hydrogen) atoms. The number of nitrogens with zero attached hydrogens (tertiary/aromatic N) is 2. The molecule has 140 valence electrons. The number of thiocarbonyl (C=S) groups is 2. The molecule has 2 aliphatic heterocycles. The molecule has 0 saturated carbocycles. The zero-order chi connectivity index (χ0) is 18.7. The van der Waals surface area contributed by atoms with E-state index in [0.717, 1.165) is 0 Å². The predicted octanol–water partition coefficient (Wildman–Crippen LogP) is -0.507. The smallest absolute Gasteiger partial charge is 0.411 e. The molecule has 2 unspecified atom stereocenters. The van der Waals surface area contributed by atoms with Crippen LogP contribution in [-0.2, 0) is 44.9 Å². The molecule has 2 atom stereocenters. The van der Waals surface area contributed by atoms with Gasteiger partial charge in [0.2, 0.25) is 0 Å². The summed E-state index contributed by atoms with van der Waals surface area (Å²) in [5.41, 5.74) is 0. The van der Waals surface area contributed by atoms with E-state index in [1.807, 2.05) is 0 Å². The van der Waals surface area contributed by atoms with Crippen LogP contribution < -0.4 is 0 Å². The summed E-state index contributed by atoms with van der Waals surface area (Å²) in [4.78, 5) is 3.38. The molecule has 2 heterocycles. The van der Waals surface area contributed by atoms with Crippen LogP contribution in [0.25, 0.3) is 0 Å². The summed E-state index contributed by atoms with van der Waals surface area (Å²) in [5.74, 6) is 0.917. The van der Waals surface area contributed by atoms with Crippen LogP contribution in [0, 0.1) is 0 Å². The number of hydrogen-bond donors (Lipinski definition) is 0. The third kappa shape index (κ3) is 8.95. The van der Waals surface area contributed by atoms with E-state index in [9.17, 15) is 16.8 Å². The van der Waals surface area contributed by atoms with Gasteiger partial charge in [0.15, 0.2) is 19.7 Å². The van der Waals surface area contributed by atoms with Gasteiger partial charge in [-0.3, -0.25) is 0 Å². The Morgan fingerprint density at radius 3 is 1.28 bits per heavy atom. The van der Waals surface area contributed by atoms with Gasteiger partial charge in [0.05, 0.1) is 23.0 Å². The van der Waals surface area contributed by atoms with Crippen LogP contribution in [0.2, 0.25) is 0 Å². The van der Waals surface area contributed by atoms with E-state index in [-0.39, 0.29) is 72.8 Å². The monoisotopic (exact) mass is 488 g/mol. The van der Waals surface area contributed by atoms with E-state index >= 15 is 0 Å². The maximum absolute atomic E-state index is 11.1. The van der Waals surface area contributed by atoms with E-state index in [2.05, 4.69) is 0 Å². The zero-order valence-corrected chi connectivity index (χ0v) is 21.2. The van der Waals surface area contributed by atoms with Gasteiger partial charge in [-0.15, -0.1) is 0 Å².